The van der Waals surface area contributed by atoms with E-state index in [2.05, 4.69) is 9.97 Å². The Hall–Kier alpha value is -2.58. The number of halogens is 1. The van der Waals surface area contributed by atoms with Crippen LogP contribution in [0.2, 0.25) is 0 Å². The zero-order chi connectivity index (χ0) is 19.1. The van der Waals surface area contributed by atoms with Crippen molar-refractivity contribution >= 4 is 49.0 Å². The lowest BCUT2D eigenvalue weighted by Crippen LogP contribution is -2.41. The number of piperidine rings is 1. The molecule has 0 unspecified atom stereocenters. The molecule has 1 aliphatic rings. The van der Waals surface area contributed by atoms with Crippen LogP contribution in [-0.4, -0.2) is 40.0 Å². The Kier molecular flexibility index (Phi) is 4.44. The van der Waals surface area contributed by atoms with Crippen LogP contribution in [-0.2, 0) is 0 Å². The van der Waals surface area contributed by atoms with Crippen LogP contribution in [0, 0.1) is 5.82 Å². The number of nitrogens with zero attached hydrogens (tertiary/aromatic N) is 3. The molecule has 1 amide bonds. The van der Waals surface area contributed by atoms with Crippen LogP contribution in [0.25, 0.3) is 20.4 Å². The zero-order valence-electron chi connectivity index (χ0n) is 14.8. The highest BCUT2D eigenvalue weighted by Gasteiger charge is 2.27. The first-order valence-corrected chi connectivity index (χ1v) is 10.7. The number of aromatic nitrogens is 2. The molecule has 1 fully saturated rings. The number of amides is 1. The fraction of sp³-hybridized carbons (Fsp3) is 0.250. The zero-order valence-corrected chi connectivity index (χ0v) is 16.4. The molecule has 1 saturated heterocycles. The van der Waals surface area contributed by atoms with Crippen LogP contribution in [0.1, 0.15) is 22.6 Å². The standard InChI is InChI=1S/C20H16FN3O2S2/c21-12-5-6-15-17(11-12)28-20(23-15)26-13-7-9-24(10-8-13)19(25)18-22-14-3-1-2-4-16(14)27-18/h1-6,11,13H,7-10H2. The Morgan fingerprint density at radius 3 is 2.64 bits per heavy atom. The minimum absolute atomic E-state index is 0.00447. The highest BCUT2D eigenvalue weighted by atomic mass is 32.1. The van der Waals surface area contributed by atoms with Crippen LogP contribution >= 0.6 is 22.7 Å². The summed E-state index contributed by atoms with van der Waals surface area (Å²) in [5.41, 5.74) is 1.60. The van der Waals surface area contributed by atoms with Gasteiger partial charge < -0.3 is 9.64 Å². The third kappa shape index (κ3) is 3.33. The van der Waals surface area contributed by atoms with Crippen LogP contribution in [0.3, 0.4) is 0 Å². The van der Waals surface area contributed by atoms with Gasteiger partial charge in [0.1, 0.15) is 11.9 Å². The van der Waals surface area contributed by atoms with E-state index in [1.54, 1.807) is 6.07 Å². The van der Waals surface area contributed by atoms with E-state index in [-0.39, 0.29) is 17.8 Å². The van der Waals surface area contributed by atoms with E-state index in [1.165, 1.54) is 34.8 Å². The molecule has 8 heteroatoms. The summed E-state index contributed by atoms with van der Waals surface area (Å²) in [6.45, 7) is 1.25. The molecule has 0 radical (unpaired) electrons. The van der Waals surface area contributed by atoms with Crippen molar-refractivity contribution in [3.8, 4) is 5.19 Å². The molecule has 0 atom stereocenters. The second-order valence-electron chi connectivity index (χ2n) is 6.69. The number of carbonyl (C=O) groups excluding carboxylic acids is 1. The van der Waals surface area contributed by atoms with Crippen molar-refractivity contribution in [2.75, 3.05) is 13.1 Å². The lowest BCUT2D eigenvalue weighted by molar-refractivity contribution is 0.0595. The molecule has 28 heavy (non-hydrogen) atoms. The van der Waals surface area contributed by atoms with E-state index in [0.717, 1.165) is 33.3 Å². The molecule has 0 N–H and O–H groups in total. The van der Waals surface area contributed by atoms with Crippen LogP contribution in [0.5, 0.6) is 5.19 Å². The van der Waals surface area contributed by atoms with E-state index >= 15 is 0 Å². The molecular formula is C20H16FN3O2S2. The first-order chi connectivity index (χ1) is 13.7. The minimum atomic E-state index is -0.274. The Bertz CT molecular complexity index is 1130. The molecule has 5 rings (SSSR count). The number of benzene rings is 2. The predicted octanol–water partition coefficient (Wildman–Crippen LogP) is 4.73. The Labute approximate surface area is 168 Å². The second kappa shape index (κ2) is 7.10. The quantitative estimate of drug-likeness (QED) is 0.487. The molecule has 4 aromatic rings. The third-order valence-corrected chi connectivity index (χ3v) is 6.74. The van der Waals surface area contributed by atoms with Crippen LogP contribution < -0.4 is 4.74 Å². The summed E-state index contributed by atoms with van der Waals surface area (Å²) < 4.78 is 21.1. The molecular weight excluding hydrogens is 397 g/mol. The number of rotatable bonds is 3. The fourth-order valence-electron chi connectivity index (χ4n) is 3.35. The van der Waals surface area contributed by atoms with Gasteiger partial charge in [0, 0.05) is 25.9 Å². The molecule has 0 aliphatic carbocycles. The van der Waals surface area contributed by atoms with Gasteiger partial charge in [-0.2, -0.15) is 0 Å². The first-order valence-electron chi connectivity index (χ1n) is 9.03. The molecule has 0 bridgehead atoms. The average molecular weight is 413 g/mol. The Balaban J connectivity index is 1.23. The smallest absolute Gasteiger partial charge is 0.282 e. The Morgan fingerprint density at radius 2 is 1.82 bits per heavy atom. The van der Waals surface area contributed by atoms with Gasteiger partial charge in [-0.15, -0.1) is 11.3 Å². The van der Waals surface area contributed by atoms with E-state index in [0.29, 0.717) is 23.3 Å². The largest absolute Gasteiger partial charge is 0.467 e. The monoisotopic (exact) mass is 413 g/mol. The van der Waals surface area contributed by atoms with Crippen molar-refractivity contribution < 1.29 is 13.9 Å². The number of hydrogen-bond donors (Lipinski definition) is 0. The maximum atomic E-state index is 13.3. The van der Waals surface area contributed by atoms with Gasteiger partial charge in [-0.25, -0.2) is 14.4 Å². The van der Waals surface area contributed by atoms with Gasteiger partial charge in [-0.1, -0.05) is 23.5 Å². The van der Waals surface area contributed by atoms with E-state index < -0.39 is 0 Å². The number of hydrogen-bond acceptors (Lipinski definition) is 6. The summed E-state index contributed by atoms with van der Waals surface area (Å²) in [7, 11) is 0. The van der Waals surface area contributed by atoms with E-state index in [1.807, 2.05) is 29.2 Å². The van der Waals surface area contributed by atoms with Crippen molar-refractivity contribution in [2.24, 2.45) is 0 Å². The Morgan fingerprint density at radius 1 is 1.04 bits per heavy atom. The molecule has 1 aliphatic heterocycles. The SMILES string of the molecule is O=C(c1nc2ccccc2s1)N1CCC(Oc2nc3ccc(F)cc3s2)CC1. The summed E-state index contributed by atoms with van der Waals surface area (Å²) in [5, 5.41) is 1.09. The number of ether oxygens (including phenoxy) is 1. The first kappa shape index (κ1) is 17.5. The topological polar surface area (TPSA) is 55.3 Å². The number of thiazole rings is 2. The van der Waals surface area contributed by atoms with Crippen LogP contribution in [0.4, 0.5) is 4.39 Å². The molecule has 0 saturated carbocycles. The third-order valence-electron chi connectivity index (χ3n) is 4.80. The van der Waals surface area contributed by atoms with Gasteiger partial charge in [0.25, 0.3) is 11.1 Å². The maximum absolute atomic E-state index is 13.3. The summed E-state index contributed by atoms with van der Waals surface area (Å²) in [5.74, 6) is -0.292. The maximum Gasteiger partial charge on any atom is 0.282 e. The van der Waals surface area contributed by atoms with Gasteiger partial charge >= 0.3 is 0 Å². The lowest BCUT2D eigenvalue weighted by atomic mass is 10.1. The molecule has 2 aromatic heterocycles. The summed E-state index contributed by atoms with van der Waals surface area (Å²) in [6.07, 6.45) is 1.48. The summed E-state index contributed by atoms with van der Waals surface area (Å²) >= 11 is 2.78. The van der Waals surface area contributed by atoms with Gasteiger partial charge in [0.15, 0.2) is 5.01 Å². The van der Waals surface area contributed by atoms with Crippen molar-refractivity contribution in [3.05, 3.63) is 53.3 Å². The number of carbonyl (C=O) groups is 1. The molecule has 2 aromatic carbocycles. The normalized spacial score (nSPS) is 15.4. The summed E-state index contributed by atoms with van der Waals surface area (Å²) in [6, 6.07) is 12.3. The lowest BCUT2D eigenvalue weighted by Gasteiger charge is -2.31. The summed E-state index contributed by atoms with van der Waals surface area (Å²) in [4.78, 5) is 23.5. The van der Waals surface area contributed by atoms with E-state index in [4.69, 9.17) is 4.74 Å². The highest BCUT2D eigenvalue weighted by molar-refractivity contribution is 7.20. The number of para-hydroxylation sites is 1. The van der Waals surface area contributed by atoms with Gasteiger partial charge in [-0.3, -0.25) is 4.79 Å². The molecule has 142 valence electrons. The number of fused-ring (bicyclic) bond motifs is 2. The number of likely N-dealkylation sites (tertiary alicyclic amines) is 1. The fourth-order valence-corrected chi connectivity index (χ4v) is 5.19. The van der Waals surface area contributed by atoms with E-state index in [9.17, 15) is 9.18 Å². The van der Waals surface area contributed by atoms with Crippen LogP contribution in [0.15, 0.2) is 42.5 Å². The minimum Gasteiger partial charge on any atom is -0.467 e. The highest BCUT2D eigenvalue weighted by Crippen LogP contribution is 2.30. The van der Waals surface area contributed by atoms with Gasteiger partial charge in [0.05, 0.1) is 20.4 Å². The van der Waals surface area contributed by atoms with Crippen molar-refractivity contribution in [1.29, 1.82) is 0 Å². The molecule has 5 nitrogen and oxygen atoms in total. The predicted molar refractivity (Wildman–Crippen MR) is 109 cm³/mol. The van der Waals surface area contributed by atoms with Crippen molar-refractivity contribution in [2.45, 2.75) is 18.9 Å². The molecule has 0 spiro atoms. The average Bonchev–Trinajstić information content (AvgIpc) is 3.31. The van der Waals surface area contributed by atoms with Gasteiger partial charge in [-0.05, 0) is 30.3 Å². The molecule has 3 heterocycles. The van der Waals surface area contributed by atoms with Crippen molar-refractivity contribution in [3.63, 3.8) is 0 Å². The second-order valence-corrected chi connectivity index (χ2v) is 8.71. The van der Waals surface area contributed by atoms with Gasteiger partial charge in [0.2, 0.25) is 0 Å². The van der Waals surface area contributed by atoms with Crippen molar-refractivity contribution in [1.82, 2.24) is 14.9 Å².